The molecule has 1 fully saturated rings. The number of hydrogen-bond donors (Lipinski definition) is 1. The first-order valence-electron chi connectivity index (χ1n) is 9.72. The van der Waals surface area contributed by atoms with Crippen LogP contribution < -0.4 is 5.73 Å². The minimum absolute atomic E-state index is 0. The minimum atomic E-state index is -0.286. The van der Waals surface area contributed by atoms with Gasteiger partial charge in [-0.3, -0.25) is 9.69 Å². The quantitative estimate of drug-likeness (QED) is 0.704. The number of rotatable bonds is 6. The van der Waals surface area contributed by atoms with E-state index in [1.807, 2.05) is 11.8 Å². The fourth-order valence-corrected chi connectivity index (χ4v) is 3.64. The molecule has 4 nitrogen and oxygen atoms in total. The van der Waals surface area contributed by atoms with Crippen molar-refractivity contribution in [3.05, 3.63) is 71.3 Å². The molecule has 1 saturated heterocycles. The third-order valence-corrected chi connectivity index (χ3v) is 5.22. The van der Waals surface area contributed by atoms with E-state index in [2.05, 4.69) is 4.90 Å². The molecule has 8 heteroatoms. The van der Waals surface area contributed by atoms with Crippen molar-refractivity contribution in [2.75, 3.05) is 26.2 Å². The van der Waals surface area contributed by atoms with Gasteiger partial charge in [-0.1, -0.05) is 24.3 Å². The highest BCUT2D eigenvalue weighted by atomic mass is 35.5. The fraction of sp³-hybridized carbons (Fsp3) is 0.409. The number of carbonyl (C=O) groups excluding carboxylic acids is 1. The Balaban J connectivity index is 0.00000225. The summed E-state index contributed by atoms with van der Waals surface area (Å²) in [7, 11) is 0. The molecule has 0 radical (unpaired) electrons. The summed E-state index contributed by atoms with van der Waals surface area (Å²) in [6, 6.07) is 12.8. The number of halogens is 4. The normalized spacial score (nSPS) is 15.3. The third-order valence-electron chi connectivity index (χ3n) is 5.22. The van der Waals surface area contributed by atoms with Gasteiger partial charge in [0, 0.05) is 38.6 Å². The standard InChI is InChI=1S/C22H27F2N3O.2ClH/c1-16(25)2-11-21(28)26-12-14-27(15-13-26)22(17-3-7-19(23)8-4-17)18-5-9-20(24)10-6-18;;/h3-10,16,22H,2,11-15,25H2,1H3;2*1H. The lowest BCUT2D eigenvalue weighted by molar-refractivity contribution is -0.133. The van der Waals surface area contributed by atoms with Gasteiger partial charge in [-0.15, -0.1) is 24.8 Å². The first-order valence-corrected chi connectivity index (χ1v) is 9.72. The van der Waals surface area contributed by atoms with Crippen molar-refractivity contribution in [1.82, 2.24) is 9.80 Å². The highest BCUT2D eigenvalue weighted by Crippen LogP contribution is 2.30. The Labute approximate surface area is 189 Å². The van der Waals surface area contributed by atoms with Gasteiger partial charge in [0.2, 0.25) is 5.91 Å². The smallest absolute Gasteiger partial charge is 0.222 e. The number of nitrogens with zero attached hydrogens (tertiary/aromatic N) is 2. The number of benzene rings is 2. The van der Waals surface area contributed by atoms with Crippen LogP contribution >= 0.6 is 24.8 Å². The lowest BCUT2D eigenvalue weighted by atomic mass is 9.96. The summed E-state index contributed by atoms with van der Waals surface area (Å²) in [5.41, 5.74) is 7.65. The topological polar surface area (TPSA) is 49.6 Å². The molecule has 1 aliphatic heterocycles. The second kappa shape index (κ2) is 12.2. The molecule has 3 rings (SSSR count). The highest BCUT2D eigenvalue weighted by molar-refractivity contribution is 5.85. The summed E-state index contributed by atoms with van der Waals surface area (Å²) in [5, 5.41) is 0. The molecule has 1 heterocycles. The molecule has 0 bridgehead atoms. The Morgan fingerprint density at radius 3 is 1.73 bits per heavy atom. The van der Waals surface area contributed by atoms with Gasteiger partial charge in [0.1, 0.15) is 11.6 Å². The predicted octanol–water partition coefficient (Wildman–Crippen LogP) is 4.17. The zero-order valence-corrected chi connectivity index (χ0v) is 18.6. The van der Waals surface area contributed by atoms with E-state index < -0.39 is 0 Å². The lowest BCUT2D eigenvalue weighted by Gasteiger charge is -2.40. The highest BCUT2D eigenvalue weighted by Gasteiger charge is 2.28. The molecular formula is C22H29Cl2F2N3O. The van der Waals surface area contributed by atoms with Crippen LogP contribution in [0.25, 0.3) is 0 Å². The van der Waals surface area contributed by atoms with Gasteiger partial charge < -0.3 is 10.6 Å². The van der Waals surface area contributed by atoms with Crippen LogP contribution in [0.2, 0.25) is 0 Å². The van der Waals surface area contributed by atoms with Crippen molar-refractivity contribution in [1.29, 1.82) is 0 Å². The molecule has 0 aromatic heterocycles. The molecule has 2 aromatic rings. The van der Waals surface area contributed by atoms with Gasteiger partial charge in [0.05, 0.1) is 6.04 Å². The maximum atomic E-state index is 13.4. The minimum Gasteiger partial charge on any atom is -0.340 e. The Morgan fingerprint density at radius 2 is 1.33 bits per heavy atom. The number of piperazine rings is 1. The largest absolute Gasteiger partial charge is 0.340 e. The van der Waals surface area contributed by atoms with Gasteiger partial charge in [0.25, 0.3) is 0 Å². The third kappa shape index (κ3) is 6.91. The van der Waals surface area contributed by atoms with Gasteiger partial charge in [0.15, 0.2) is 0 Å². The molecule has 1 unspecified atom stereocenters. The van der Waals surface area contributed by atoms with E-state index in [0.717, 1.165) is 11.1 Å². The lowest BCUT2D eigenvalue weighted by Crippen LogP contribution is -2.50. The summed E-state index contributed by atoms with van der Waals surface area (Å²) >= 11 is 0. The first kappa shape index (κ1) is 26.3. The van der Waals surface area contributed by atoms with E-state index in [-0.39, 0.29) is 54.4 Å². The van der Waals surface area contributed by atoms with Crippen molar-refractivity contribution in [2.45, 2.75) is 31.8 Å². The van der Waals surface area contributed by atoms with Crippen LogP contribution in [-0.4, -0.2) is 47.9 Å². The molecule has 1 amide bonds. The van der Waals surface area contributed by atoms with Gasteiger partial charge in [-0.05, 0) is 48.7 Å². The number of hydrogen-bond acceptors (Lipinski definition) is 3. The molecule has 166 valence electrons. The molecule has 2 aromatic carbocycles. The zero-order chi connectivity index (χ0) is 20.1. The molecule has 0 spiro atoms. The van der Waals surface area contributed by atoms with Crippen LogP contribution in [0, 0.1) is 11.6 Å². The van der Waals surface area contributed by atoms with E-state index in [1.54, 1.807) is 24.3 Å². The summed E-state index contributed by atoms with van der Waals surface area (Å²) in [4.78, 5) is 16.5. The Morgan fingerprint density at radius 1 is 0.900 bits per heavy atom. The first-order chi connectivity index (χ1) is 13.4. The van der Waals surface area contributed by atoms with Crippen LogP contribution in [0.4, 0.5) is 8.78 Å². The zero-order valence-electron chi connectivity index (χ0n) is 17.0. The van der Waals surface area contributed by atoms with E-state index in [4.69, 9.17) is 5.73 Å². The fourth-order valence-electron chi connectivity index (χ4n) is 3.64. The molecule has 0 saturated carbocycles. The summed E-state index contributed by atoms with van der Waals surface area (Å²) in [6.45, 7) is 4.57. The van der Waals surface area contributed by atoms with Gasteiger partial charge >= 0.3 is 0 Å². The van der Waals surface area contributed by atoms with Crippen LogP contribution in [-0.2, 0) is 4.79 Å². The van der Waals surface area contributed by atoms with E-state index in [1.165, 1.54) is 24.3 Å². The van der Waals surface area contributed by atoms with Crippen molar-refractivity contribution in [3.8, 4) is 0 Å². The van der Waals surface area contributed by atoms with Gasteiger partial charge in [-0.25, -0.2) is 8.78 Å². The van der Waals surface area contributed by atoms with Crippen molar-refractivity contribution in [2.24, 2.45) is 5.73 Å². The molecule has 2 N–H and O–H groups in total. The van der Waals surface area contributed by atoms with Crippen molar-refractivity contribution >= 4 is 30.7 Å². The van der Waals surface area contributed by atoms with Crippen LogP contribution in [0.5, 0.6) is 0 Å². The second-order valence-corrected chi connectivity index (χ2v) is 7.44. The molecule has 1 atom stereocenters. The van der Waals surface area contributed by atoms with E-state index in [9.17, 15) is 13.6 Å². The summed E-state index contributed by atoms with van der Waals surface area (Å²) < 4.78 is 26.8. The van der Waals surface area contributed by atoms with Crippen LogP contribution in [0.3, 0.4) is 0 Å². The average molecular weight is 460 g/mol. The monoisotopic (exact) mass is 459 g/mol. The molecule has 30 heavy (non-hydrogen) atoms. The van der Waals surface area contributed by atoms with Crippen LogP contribution in [0.1, 0.15) is 36.9 Å². The van der Waals surface area contributed by atoms with Crippen LogP contribution in [0.15, 0.2) is 48.5 Å². The Bertz CT molecular complexity index is 734. The maximum Gasteiger partial charge on any atom is 0.222 e. The molecule has 0 aliphatic carbocycles. The summed E-state index contributed by atoms with van der Waals surface area (Å²) in [6.07, 6.45) is 1.16. The van der Waals surface area contributed by atoms with Crippen molar-refractivity contribution < 1.29 is 13.6 Å². The average Bonchev–Trinajstić information content (AvgIpc) is 2.70. The molecular weight excluding hydrogens is 431 g/mol. The second-order valence-electron chi connectivity index (χ2n) is 7.44. The Hall–Kier alpha value is -1.73. The van der Waals surface area contributed by atoms with Crippen molar-refractivity contribution in [3.63, 3.8) is 0 Å². The number of carbonyl (C=O) groups is 1. The maximum absolute atomic E-state index is 13.4. The van der Waals surface area contributed by atoms with E-state index >= 15 is 0 Å². The number of nitrogens with two attached hydrogens (primary N) is 1. The summed E-state index contributed by atoms with van der Waals surface area (Å²) in [5.74, 6) is -0.436. The van der Waals surface area contributed by atoms with E-state index in [0.29, 0.717) is 39.0 Å². The SMILES string of the molecule is CC(N)CCC(=O)N1CCN(C(c2ccc(F)cc2)c2ccc(F)cc2)CC1.Cl.Cl. The Kier molecular flexibility index (Phi) is 10.7. The predicted molar refractivity (Wildman–Crippen MR) is 120 cm³/mol. The molecule has 1 aliphatic rings. The number of amides is 1. The van der Waals surface area contributed by atoms with Gasteiger partial charge in [-0.2, -0.15) is 0 Å².